The molecular formula is C14H30N4O. The molecule has 0 bridgehead atoms. The van der Waals surface area contributed by atoms with E-state index in [0.717, 1.165) is 57.6 Å². The molecule has 1 fully saturated rings. The quantitative estimate of drug-likeness (QED) is 0.352. The first-order valence-electron chi connectivity index (χ1n) is 7.39. The largest absolute Gasteiger partial charge is 0.381 e. The van der Waals surface area contributed by atoms with Crippen molar-refractivity contribution in [2.45, 2.75) is 25.7 Å². The third-order valence-corrected chi connectivity index (χ3v) is 3.11. The van der Waals surface area contributed by atoms with Crippen LogP contribution in [0.2, 0.25) is 0 Å². The van der Waals surface area contributed by atoms with Crippen molar-refractivity contribution in [2.24, 2.45) is 10.9 Å². The summed E-state index contributed by atoms with van der Waals surface area (Å²) in [5, 5.41) is 6.62. The summed E-state index contributed by atoms with van der Waals surface area (Å²) in [6, 6.07) is 0. The van der Waals surface area contributed by atoms with Crippen LogP contribution < -0.4 is 10.6 Å². The highest BCUT2D eigenvalue weighted by molar-refractivity contribution is 5.79. The third kappa shape index (κ3) is 9.73. The van der Waals surface area contributed by atoms with E-state index < -0.39 is 0 Å². The van der Waals surface area contributed by atoms with Gasteiger partial charge in [0.05, 0.1) is 0 Å². The van der Waals surface area contributed by atoms with E-state index in [-0.39, 0.29) is 0 Å². The van der Waals surface area contributed by atoms with E-state index in [9.17, 15) is 0 Å². The molecule has 0 aromatic carbocycles. The van der Waals surface area contributed by atoms with Crippen molar-refractivity contribution < 1.29 is 4.74 Å². The summed E-state index contributed by atoms with van der Waals surface area (Å²) in [6.07, 6.45) is 4.88. The summed E-state index contributed by atoms with van der Waals surface area (Å²) < 4.78 is 5.59. The van der Waals surface area contributed by atoms with Gasteiger partial charge in [0.25, 0.3) is 0 Å². The Hall–Kier alpha value is -0.810. The Labute approximate surface area is 117 Å². The first kappa shape index (κ1) is 16.2. The summed E-state index contributed by atoms with van der Waals surface area (Å²) in [6.45, 7) is 4.77. The fraction of sp³-hybridized carbons (Fsp3) is 0.929. The Kier molecular flexibility index (Phi) is 8.58. The Morgan fingerprint density at radius 2 is 1.89 bits per heavy atom. The van der Waals surface area contributed by atoms with Crippen LogP contribution in [0.4, 0.5) is 0 Å². The molecule has 19 heavy (non-hydrogen) atoms. The van der Waals surface area contributed by atoms with Crippen LogP contribution in [0, 0.1) is 5.92 Å². The summed E-state index contributed by atoms with van der Waals surface area (Å²) in [5.41, 5.74) is 0. The molecule has 0 unspecified atom stereocenters. The van der Waals surface area contributed by atoms with Crippen LogP contribution in [0.5, 0.6) is 0 Å². The molecule has 2 N–H and O–H groups in total. The molecule has 5 heteroatoms. The number of nitrogens with one attached hydrogen (secondary N) is 2. The van der Waals surface area contributed by atoms with Crippen molar-refractivity contribution in [1.82, 2.24) is 15.5 Å². The molecule has 112 valence electrons. The average molecular weight is 270 g/mol. The van der Waals surface area contributed by atoms with Crippen molar-refractivity contribution in [3.05, 3.63) is 0 Å². The Bertz CT molecular complexity index is 252. The lowest BCUT2D eigenvalue weighted by Gasteiger charge is -2.13. The second-order valence-corrected chi connectivity index (χ2v) is 5.45. The van der Waals surface area contributed by atoms with E-state index in [0.29, 0.717) is 0 Å². The highest BCUT2D eigenvalue weighted by atomic mass is 16.5. The molecule has 0 aromatic rings. The Morgan fingerprint density at radius 3 is 2.47 bits per heavy atom. The van der Waals surface area contributed by atoms with Gasteiger partial charge in [-0.3, -0.25) is 4.99 Å². The van der Waals surface area contributed by atoms with Gasteiger partial charge in [0, 0.05) is 33.4 Å². The SMILES string of the molecule is CN=C(NCCCOCC1CC1)NCCCN(C)C. The lowest BCUT2D eigenvalue weighted by atomic mass is 10.4. The molecule has 1 rings (SSSR count). The maximum atomic E-state index is 5.59. The van der Waals surface area contributed by atoms with Crippen molar-refractivity contribution in [1.29, 1.82) is 0 Å². The van der Waals surface area contributed by atoms with Gasteiger partial charge in [-0.25, -0.2) is 0 Å². The summed E-state index contributed by atoms with van der Waals surface area (Å²) in [7, 11) is 5.99. The fourth-order valence-electron chi connectivity index (χ4n) is 1.74. The van der Waals surface area contributed by atoms with E-state index in [2.05, 4.69) is 34.6 Å². The van der Waals surface area contributed by atoms with E-state index >= 15 is 0 Å². The maximum Gasteiger partial charge on any atom is 0.190 e. The van der Waals surface area contributed by atoms with Crippen LogP contribution in [0.1, 0.15) is 25.7 Å². The predicted molar refractivity (Wildman–Crippen MR) is 80.7 cm³/mol. The third-order valence-electron chi connectivity index (χ3n) is 3.11. The van der Waals surface area contributed by atoms with Gasteiger partial charge in [0.15, 0.2) is 5.96 Å². The first-order valence-corrected chi connectivity index (χ1v) is 7.39. The molecule has 0 heterocycles. The monoisotopic (exact) mass is 270 g/mol. The Balaban J connectivity index is 1.89. The van der Waals surface area contributed by atoms with Gasteiger partial charge in [0.1, 0.15) is 0 Å². The number of guanidine groups is 1. The molecule has 0 amide bonds. The number of hydrogen-bond acceptors (Lipinski definition) is 3. The predicted octanol–water partition coefficient (Wildman–Crippen LogP) is 0.920. The molecule has 0 spiro atoms. The van der Waals surface area contributed by atoms with Crippen molar-refractivity contribution in [2.75, 3.05) is 54.0 Å². The van der Waals surface area contributed by atoms with Crippen molar-refractivity contribution in [3.8, 4) is 0 Å². The van der Waals surface area contributed by atoms with Gasteiger partial charge in [-0.05, 0) is 52.2 Å². The smallest absolute Gasteiger partial charge is 0.190 e. The molecule has 0 saturated heterocycles. The molecule has 1 aliphatic carbocycles. The number of rotatable bonds is 10. The lowest BCUT2D eigenvalue weighted by Crippen LogP contribution is -2.39. The summed E-state index contributed by atoms with van der Waals surface area (Å²) in [4.78, 5) is 6.39. The van der Waals surface area contributed by atoms with Crippen LogP contribution in [0.25, 0.3) is 0 Å². The number of nitrogens with zero attached hydrogens (tertiary/aromatic N) is 2. The van der Waals surface area contributed by atoms with Gasteiger partial charge in [-0.15, -0.1) is 0 Å². The minimum Gasteiger partial charge on any atom is -0.381 e. The first-order chi connectivity index (χ1) is 9.22. The average Bonchev–Trinajstić information content (AvgIpc) is 3.19. The number of ether oxygens (including phenoxy) is 1. The molecule has 1 aliphatic rings. The van der Waals surface area contributed by atoms with Crippen molar-refractivity contribution in [3.63, 3.8) is 0 Å². The van der Waals surface area contributed by atoms with Crippen LogP contribution in [0.15, 0.2) is 4.99 Å². The highest BCUT2D eigenvalue weighted by Gasteiger charge is 2.20. The van der Waals surface area contributed by atoms with Crippen LogP contribution >= 0.6 is 0 Å². The standard InChI is InChI=1S/C14H30N4O/c1-15-14(16-8-4-10-18(2)3)17-9-5-11-19-12-13-6-7-13/h13H,4-12H2,1-3H3,(H2,15,16,17). The van der Waals surface area contributed by atoms with Crippen molar-refractivity contribution >= 4 is 5.96 Å². The molecule has 0 aliphatic heterocycles. The zero-order valence-electron chi connectivity index (χ0n) is 12.7. The fourth-order valence-corrected chi connectivity index (χ4v) is 1.74. The van der Waals surface area contributed by atoms with E-state index in [1.165, 1.54) is 12.8 Å². The minimum atomic E-state index is 0.848. The van der Waals surface area contributed by atoms with Crippen LogP contribution in [-0.2, 0) is 4.74 Å². The maximum absolute atomic E-state index is 5.59. The van der Waals surface area contributed by atoms with Crippen LogP contribution in [0.3, 0.4) is 0 Å². The van der Waals surface area contributed by atoms with Gasteiger partial charge in [0.2, 0.25) is 0 Å². The molecule has 0 radical (unpaired) electrons. The second kappa shape index (κ2) is 10.0. The zero-order chi connectivity index (χ0) is 13.9. The zero-order valence-corrected chi connectivity index (χ0v) is 12.7. The van der Waals surface area contributed by atoms with Gasteiger partial charge < -0.3 is 20.3 Å². The highest BCUT2D eigenvalue weighted by Crippen LogP contribution is 2.28. The van der Waals surface area contributed by atoms with Gasteiger partial charge >= 0.3 is 0 Å². The number of aliphatic imine (C=N–C) groups is 1. The summed E-state index contributed by atoms with van der Waals surface area (Å²) >= 11 is 0. The second-order valence-electron chi connectivity index (χ2n) is 5.45. The van der Waals surface area contributed by atoms with Gasteiger partial charge in [-0.1, -0.05) is 0 Å². The van der Waals surface area contributed by atoms with Gasteiger partial charge in [-0.2, -0.15) is 0 Å². The normalized spacial score (nSPS) is 15.9. The van der Waals surface area contributed by atoms with E-state index in [4.69, 9.17) is 4.74 Å². The van der Waals surface area contributed by atoms with E-state index in [1.807, 2.05) is 7.05 Å². The Morgan fingerprint density at radius 1 is 1.21 bits per heavy atom. The number of hydrogen-bond donors (Lipinski definition) is 2. The molecule has 0 aromatic heterocycles. The molecule has 1 saturated carbocycles. The molecular weight excluding hydrogens is 240 g/mol. The van der Waals surface area contributed by atoms with E-state index in [1.54, 1.807) is 0 Å². The lowest BCUT2D eigenvalue weighted by molar-refractivity contribution is 0.123. The topological polar surface area (TPSA) is 48.9 Å². The summed E-state index contributed by atoms with van der Waals surface area (Å²) in [5.74, 6) is 1.75. The molecule has 0 atom stereocenters. The molecule has 5 nitrogen and oxygen atoms in total. The minimum absolute atomic E-state index is 0.848. The van der Waals surface area contributed by atoms with Crippen LogP contribution in [-0.4, -0.2) is 64.9 Å².